The zero-order valence-electron chi connectivity index (χ0n) is 44.0. The van der Waals surface area contributed by atoms with Crippen LogP contribution in [0.15, 0.2) is 72.8 Å². The molecule has 0 saturated carbocycles. The maximum absolute atomic E-state index is 5.33. The van der Waals surface area contributed by atoms with E-state index in [-0.39, 0.29) is 22.0 Å². The Morgan fingerprint density at radius 3 is 0.803 bits per heavy atom. The second kappa shape index (κ2) is 31.4. The molecule has 3 aromatic rings. The van der Waals surface area contributed by atoms with Crippen LogP contribution in [0, 0.1) is 12.3 Å². The van der Waals surface area contributed by atoms with Gasteiger partial charge in [-0.1, -0.05) is 61.0 Å². The SMILES string of the molecule is CCC12CNCCNCC(NCc3ccc(C)cc3)(CNCCNC1)CNCCNC2.COc1ccc(CNC23CNCCNCC(NCc4ccc(OC)cc4)(CNCCNC2)CNCCNC3)cc1. The van der Waals surface area contributed by atoms with Crippen LogP contribution in [-0.2, 0) is 19.6 Å². The Kier molecular flexibility index (Phi) is 25.2. The molecule has 0 unspecified atom stereocenters. The molecule has 398 valence electrons. The van der Waals surface area contributed by atoms with E-state index in [1.807, 2.05) is 24.3 Å². The van der Waals surface area contributed by atoms with Crippen molar-refractivity contribution in [1.82, 2.24) is 79.8 Å². The third-order valence-corrected chi connectivity index (χ3v) is 14.7. The smallest absolute Gasteiger partial charge is 0.118 e. The van der Waals surface area contributed by atoms with E-state index in [1.54, 1.807) is 14.2 Å². The summed E-state index contributed by atoms with van der Waals surface area (Å²) in [5.41, 5.74) is 5.09. The van der Waals surface area contributed by atoms with Crippen LogP contribution in [0.4, 0.5) is 0 Å². The Balaban J connectivity index is 0.000000240. The molecule has 6 aliphatic heterocycles. The number of aryl methyl sites for hydroxylation is 1. The van der Waals surface area contributed by atoms with E-state index in [4.69, 9.17) is 9.47 Å². The summed E-state index contributed by atoms with van der Waals surface area (Å²) < 4.78 is 10.7. The zero-order chi connectivity index (χ0) is 49.8. The van der Waals surface area contributed by atoms with Gasteiger partial charge in [0.1, 0.15) is 11.5 Å². The quantitative estimate of drug-likeness (QED) is 0.110. The van der Waals surface area contributed by atoms with Gasteiger partial charge in [0.15, 0.2) is 0 Å². The molecular weight excluding hydrogens is 891 g/mol. The summed E-state index contributed by atoms with van der Waals surface area (Å²) in [6.07, 6.45) is 1.17. The molecule has 3 aromatic carbocycles. The predicted molar refractivity (Wildman–Crippen MR) is 293 cm³/mol. The first kappa shape index (κ1) is 56.9. The third-order valence-electron chi connectivity index (χ3n) is 14.7. The minimum Gasteiger partial charge on any atom is -0.497 e. The van der Waals surface area contributed by atoms with Gasteiger partial charge in [0.25, 0.3) is 0 Å². The Morgan fingerprint density at radius 1 is 0.352 bits per heavy atom. The molecule has 0 aliphatic carbocycles. The number of fused-ring (bicyclic) bond motifs is 30. The van der Waals surface area contributed by atoms with Crippen LogP contribution < -0.4 is 89.2 Å². The summed E-state index contributed by atoms with van der Waals surface area (Å²) in [7, 11) is 3.41. The molecule has 17 heteroatoms. The monoisotopic (exact) mass is 986 g/mol. The minimum absolute atomic E-state index is 0.0493. The topological polar surface area (TPSA) is 199 Å². The summed E-state index contributed by atoms with van der Waals surface area (Å²) in [5, 5.41) is 56.5. The van der Waals surface area contributed by atoms with Crippen LogP contribution in [0.1, 0.15) is 35.6 Å². The number of hydrogen-bond donors (Lipinski definition) is 15. The highest BCUT2D eigenvalue weighted by atomic mass is 16.5. The Morgan fingerprint density at radius 2 is 0.577 bits per heavy atom. The fraction of sp³-hybridized carbons (Fsp3) is 0.667. The first-order valence-electron chi connectivity index (χ1n) is 26.8. The number of rotatable bonds is 12. The Bertz CT molecular complexity index is 1690. The van der Waals surface area contributed by atoms with Crippen molar-refractivity contribution in [3.63, 3.8) is 0 Å². The van der Waals surface area contributed by atoms with Crippen molar-refractivity contribution >= 4 is 0 Å². The van der Waals surface area contributed by atoms with Crippen molar-refractivity contribution < 1.29 is 9.47 Å². The molecule has 17 nitrogen and oxygen atoms in total. The molecule has 71 heavy (non-hydrogen) atoms. The lowest BCUT2D eigenvalue weighted by Crippen LogP contribution is -2.66. The molecule has 0 radical (unpaired) electrons. The van der Waals surface area contributed by atoms with E-state index in [9.17, 15) is 0 Å². The van der Waals surface area contributed by atoms with Crippen molar-refractivity contribution in [2.75, 3.05) is 171 Å². The van der Waals surface area contributed by atoms with Gasteiger partial charge < -0.3 is 89.2 Å². The first-order chi connectivity index (χ1) is 34.8. The molecule has 0 atom stereocenters. The van der Waals surface area contributed by atoms with E-state index < -0.39 is 0 Å². The lowest BCUT2D eigenvalue weighted by molar-refractivity contribution is 0.225. The van der Waals surface area contributed by atoms with Crippen LogP contribution in [0.5, 0.6) is 11.5 Å². The highest BCUT2D eigenvalue weighted by Crippen LogP contribution is 2.20. The third kappa shape index (κ3) is 20.1. The second-order valence-electron chi connectivity index (χ2n) is 20.6. The van der Waals surface area contributed by atoms with Crippen LogP contribution >= 0.6 is 0 Å². The molecule has 6 aliphatic rings. The van der Waals surface area contributed by atoms with Crippen molar-refractivity contribution in [3.8, 4) is 11.5 Å². The fourth-order valence-electron chi connectivity index (χ4n) is 9.82. The number of ether oxygens (including phenoxy) is 2. The zero-order valence-corrected chi connectivity index (χ0v) is 44.0. The van der Waals surface area contributed by atoms with Crippen LogP contribution in [-0.4, -0.2) is 188 Å². The largest absolute Gasteiger partial charge is 0.497 e. The molecule has 4 bridgehead atoms. The molecule has 6 heterocycles. The Hall–Kier alpha value is -3.34. The van der Waals surface area contributed by atoms with Crippen molar-refractivity contribution in [2.24, 2.45) is 5.41 Å². The fourth-order valence-corrected chi connectivity index (χ4v) is 9.82. The van der Waals surface area contributed by atoms with Crippen molar-refractivity contribution in [1.29, 1.82) is 0 Å². The lowest BCUT2D eigenvalue weighted by atomic mass is 9.84. The second-order valence-corrected chi connectivity index (χ2v) is 20.6. The van der Waals surface area contributed by atoms with Crippen molar-refractivity contribution in [2.45, 2.75) is 56.5 Å². The maximum Gasteiger partial charge on any atom is 0.118 e. The maximum atomic E-state index is 5.33. The van der Waals surface area contributed by atoms with Crippen LogP contribution in [0.2, 0.25) is 0 Å². The summed E-state index contributed by atoms with van der Waals surface area (Å²) in [4.78, 5) is 0. The van der Waals surface area contributed by atoms with Gasteiger partial charge in [-0.2, -0.15) is 0 Å². The van der Waals surface area contributed by atoms with E-state index in [0.717, 1.165) is 188 Å². The van der Waals surface area contributed by atoms with Gasteiger partial charge in [-0.3, -0.25) is 0 Å². The average molecular weight is 986 g/mol. The van der Waals surface area contributed by atoms with Crippen LogP contribution in [0.3, 0.4) is 0 Å². The molecular formula is C54H95N15O2. The highest BCUT2D eigenvalue weighted by Gasteiger charge is 2.33. The van der Waals surface area contributed by atoms with Gasteiger partial charge in [0.2, 0.25) is 0 Å². The van der Waals surface area contributed by atoms with Gasteiger partial charge in [-0.05, 0) is 54.3 Å². The van der Waals surface area contributed by atoms with Gasteiger partial charge in [-0.25, -0.2) is 0 Å². The summed E-state index contributed by atoms with van der Waals surface area (Å²) >= 11 is 0. The van der Waals surface area contributed by atoms with E-state index in [0.29, 0.717) is 0 Å². The number of methoxy groups -OCH3 is 2. The number of benzene rings is 3. The summed E-state index contributed by atoms with van der Waals surface area (Å²) in [6.45, 7) is 29.4. The Labute approximate surface area is 427 Å². The van der Waals surface area contributed by atoms with E-state index >= 15 is 0 Å². The van der Waals surface area contributed by atoms with Gasteiger partial charge >= 0.3 is 0 Å². The average Bonchev–Trinajstić information content (AvgIpc) is 3.40. The highest BCUT2D eigenvalue weighted by molar-refractivity contribution is 5.28. The molecule has 0 spiro atoms. The standard InChI is InChI=1S/C30H50N8O2.C24H45N7/c1-39-27-7-3-25(4-8-27)17-37-29-19-31-11-14-34-22-30(23-35-15-12-32-20-29,24-36-16-13-33-21-29)38-18-26-5-9-28(40-2)10-6-26;1-3-23-15-25-8-11-28-18-24(19-29-12-9-26-16-23,20-30-13-10-27-17-23)31-14-22-6-4-21(2)5-7-22/h3-10,31-38H,11-24H2,1-2H3;4-7,25-31H,3,8-20H2,1-2H3. The van der Waals surface area contributed by atoms with Gasteiger partial charge in [-0.15, -0.1) is 0 Å². The van der Waals surface area contributed by atoms with Crippen LogP contribution in [0.25, 0.3) is 0 Å². The molecule has 0 aromatic heterocycles. The first-order valence-corrected chi connectivity index (χ1v) is 26.8. The van der Waals surface area contributed by atoms with Crippen molar-refractivity contribution in [3.05, 3.63) is 95.1 Å². The number of nitrogens with one attached hydrogen (secondary N) is 15. The summed E-state index contributed by atoms with van der Waals surface area (Å²) in [6, 6.07) is 25.5. The van der Waals surface area contributed by atoms with E-state index in [2.05, 4.69) is 142 Å². The summed E-state index contributed by atoms with van der Waals surface area (Å²) in [5.74, 6) is 1.77. The number of hydrogen-bond acceptors (Lipinski definition) is 17. The molecule has 6 saturated heterocycles. The molecule has 0 amide bonds. The molecule has 15 N–H and O–H groups in total. The molecule has 9 rings (SSSR count). The normalized spacial score (nSPS) is 27.4. The lowest BCUT2D eigenvalue weighted by Gasteiger charge is -2.39. The minimum atomic E-state index is -0.127. The molecule has 6 fully saturated rings. The van der Waals surface area contributed by atoms with E-state index in [1.165, 1.54) is 28.7 Å². The van der Waals surface area contributed by atoms with Gasteiger partial charge in [0.05, 0.1) is 30.8 Å². The van der Waals surface area contributed by atoms with Gasteiger partial charge in [0, 0.05) is 182 Å². The predicted octanol–water partition coefficient (Wildman–Crippen LogP) is -0.590.